The Morgan fingerprint density at radius 1 is 1.54 bits per heavy atom. The third-order valence-corrected chi connectivity index (χ3v) is 1.33. The zero-order chi connectivity index (χ0) is 9.90. The van der Waals surface area contributed by atoms with Crippen molar-refractivity contribution >= 4 is 0 Å². The number of halogens is 3. The molecule has 0 fully saturated rings. The largest absolute Gasteiger partial charge is 0.408 e. The third kappa shape index (κ3) is 3.45. The van der Waals surface area contributed by atoms with Gasteiger partial charge in [0, 0.05) is 13.3 Å². The van der Waals surface area contributed by atoms with E-state index in [0.717, 1.165) is 4.68 Å². The Morgan fingerprint density at radius 3 is 2.77 bits per heavy atom. The summed E-state index contributed by atoms with van der Waals surface area (Å²) in [5.74, 6) is 0. The zero-order valence-corrected chi connectivity index (χ0v) is 7.01. The van der Waals surface area contributed by atoms with Crippen molar-refractivity contribution in [1.82, 2.24) is 9.78 Å². The number of hydrogen-bond acceptors (Lipinski definition) is 2. The Labute approximate surface area is 73.1 Å². The quantitative estimate of drug-likeness (QED) is 0.730. The van der Waals surface area contributed by atoms with Gasteiger partial charge < -0.3 is 4.74 Å². The second-order valence-electron chi connectivity index (χ2n) is 2.55. The van der Waals surface area contributed by atoms with Crippen LogP contribution in [0.1, 0.15) is 5.69 Å². The molecule has 6 heteroatoms. The molecule has 0 saturated heterocycles. The lowest BCUT2D eigenvalue weighted by Gasteiger charge is -2.05. The van der Waals surface area contributed by atoms with E-state index in [9.17, 15) is 13.2 Å². The number of nitrogens with zero attached hydrogens (tertiary/aromatic N) is 2. The average molecular weight is 194 g/mol. The maximum absolute atomic E-state index is 11.8. The number of methoxy groups -OCH3 is 1. The molecule has 0 aliphatic rings. The molecule has 3 nitrogen and oxygen atoms in total. The molecular weight excluding hydrogens is 185 g/mol. The van der Waals surface area contributed by atoms with Crippen molar-refractivity contribution in [3.8, 4) is 0 Å². The highest BCUT2D eigenvalue weighted by molar-refractivity contribution is 4.97. The minimum atomic E-state index is -4.23. The predicted molar refractivity (Wildman–Crippen MR) is 39.0 cm³/mol. The van der Waals surface area contributed by atoms with Crippen LogP contribution in [0.5, 0.6) is 0 Å². The van der Waals surface area contributed by atoms with Crippen molar-refractivity contribution in [2.45, 2.75) is 19.3 Å². The molecule has 0 aromatic carbocycles. The van der Waals surface area contributed by atoms with Crippen molar-refractivity contribution in [2.24, 2.45) is 0 Å². The van der Waals surface area contributed by atoms with Crippen LogP contribution in [0.2, 0.25) is 0 Å². The van der Waals surface area contributed by atoms with Gasteiger partial charge in [0.15, 0.2) is 0 Å². The van der Waals surface area contributed by atoms with E-state index in [1.54, 1.807) is 0 Å². The molecule has 0 bridgehead atoms. The van der Waals surface area contributed by atoms with Crippen molar-refractivity contribution in [3.63, 3.8) is 0 Å². The van der Waals surface area contributed by atoms with E-state index < -0.39 is 12.7 Å². The minimum Gasteiger partial charge on any atom is -0.378 e. The van der Waals surface area contributed by atoms with Gasteiger partial charge in [-0.15, -0.1) is 0 Å². The third-order valence-electron chi connectivity index (χ3n) is 1.33. The van der Waals surface area contributed by atoms with Crippen LogP contribution in [0.15, 0.2) is 12.3 Å². The van der Waals surface area contributed by atoms with Crippen molar-refractivity contribution < 1.29 is 17.9 Å². The van der Waals surface area contributed by atoms with E-state index in [0.29, 0.717) is 5.69 Å². The summed E-state index contributed by atoms with van der Waals surface area (Å²) in [7, 11) is 1.46. The predicted octanol–water partition coefficient (Wildman–Crippen LogP) is 1.59. The number of alkyl halides is 3. The highest BCUT2D eigenvalue weighted by atomic mass is 19.4. The molecule has 74 valence electrons. The van der Waals surface area contributed by atoms with Gasteiger partial charge >= 0.3 is 6.18 Å². The van der Waals surface area contributed by atoms with Crippen molar-refractivity contribution in [1.29, 1.82) is 0 Å². The molecule has 13 heavy (non-hydrogen) atoms. The summed E-state index contributed by atoms with van der Waals surface area (Å²) in [4.78, 5) is 0. The van der Waals surface area contributed by atoms with Gasteiger partial charge in [0.1, 0.15) is 6.54 Å². The van der Waals surface area contributed by atoms with E-state index in [1.807, 2.05) is 0 Å². The summed E-state index contributed by atoms with van der Waals surface area (Å²) in [6, 6.07) is 1.50. The first-order valence-corrected chi connectivity index (χ1v) is 3.59. The fraction of sp³-hybridized carbons (Fsp3) is 0.571. The van der Waals surface area contributed by atoms with Crippen LogP contribution in [-0.4, -0.2) is 23.1 Å². The van der Waals surface area contributed by atoms with Crippen molar-refractivity contribution in [2.75, 3.05) is 7.11 Å². The monoisotopic (exact) mass is 194 g/mol. The first-order chi connectivity index (χ1) is 6.01. The molecule has 0 spiro atoms. The van der Waals surface area contributed by atoms with Crippen LogP contribution in [-0.2, 0) is 17.9 Å². The fourth-order valence-corrected chi connectivity index (χ4v) is 0.900. The molecule has 0 aliphatic carbocycles. The SMILES string of the molecule is COCc1ccn(CC(F)(F)F)n1. The number of ether oxygens (including phenoxy) is 1. The standard InChI is InChI=1S/C7H9F3N2O/c1-13-4-6-2-3-12(11-6)5-7(8,9)10/h2-3H,4-5H2,1H3. The number of hydrogen-bond donors (Lipinski definition) is 0. The van der Waals surface area contributed by atoms with Gasteiger partial charge in [-0.2, -0.15) is 18.3 Å². The zero-order valence-electron chi connectivity index (χ0n) is 7.01. The Balaban J connectivity index is 2.59. The number of rotatable bonds is 3. The second kappa shape index (κ2) is 3.78. The molecular formula is C7H9F3N2O. The lowest BCUT2D eigenvalue weighted by molar-refractivity contribution is -0.142. The molecule has 1 aromatic heterocycles. The summed E-state index contributed by atoms with van der Waals surface area (Å²) >= 11 is 0. The van der Waals surface area contributed by atoms with Gasteiger partial charge in [-0.05, 0) is 6.07 Å². The topological polar surface area (TPSA) is 27.1 Å². The molecule has 1 rings (SSSR count). The van der Waals surface area contributed by atoms with Crippen LogP contribution >= 0.6 is 0 Å². The normalized spacial score (nSPS) is 12.0. The molecule has 1 heterocycles. The smallest absolute Gasteiger partial charge is 0.378 e. The van der Waals surface area contributed by atoms with Crippen LogP contribution in [0.3, 0.4) is 0 Å². The molecule has 0 saturated carbocycles. The Kier molecular flexibility index (Phi) is 2.92. The Hall–Kier alpha value is -1.04. The second-order valence-corrected chi connectivity index (χ2v) is 2.55. The summed E-state index contributed by atoms with van der Waals surface area (Å²) < 4.78 is 41.1. The maximum Gasteiger partial charge on any atom is 0.408 e. The highest BCUT2D eigenvalue weighted by Crippen LogP contribution is 2.16. The summed E-state index contributed by atoms with van der Waals surface area (Å²) in [5, 5.41) is 3.66. The minimum absolute atomic E-state index is 0.227. The summed E-state index contributed by atoms with van der Waals surface area (Å²) in [6.45, 7) is -0.832. The highest BCUT2D eigenvalue weighted by Gasteiger charge is 2.28. The van der Waals surface area contributed by atoms with E-state index >= 15 is 0 Å². The van der Waals surface area contributed by atoms with E-state index in [1.165, 1.54) is 19.4 Å². The van der Waals surface area contributed by atoms with Gasteiger partial charge in [0.05, 0.1) is 12.3 Å². The lowest BCUT2D eigenvalue weighted by atomic mass is 10.5. The van der Waals surface area contributed by atoms with Gasteiger partial charge in [-0.25, -0.2) is 0 Å². The molecule has 0 unspecified atom stereocenters. The van der Waals surface area contributed by atoms with Gasteiger partial charge in [-0.3, -0.25) is 4.68 Å². The van der Waals surface area contributed by atoms with Crippen LogP contribution in [0.4, 0.5) is 13.2 Å². The first kappa shape index (κ1) is 10.0. The van der Waals surface area contributed by atoms with E-state index in [4.69, 9.17) is 4.74 Å². The molecule has 0 amide bonds. The summed E-state index contributed by atoms with van der Waals surface area (Å²) in [5.41, 5.74) is 0.492. The Bertz CT molecular complexity index is 269. The molecule has 0 radical (unpaired) electrons. The summed E-state index contributed by atoms with van der Waals surface area (Å²) in [6.07, 6.45) is -2.95. The van der Waals surface area contributed by atoms with E-state index in [-0.39, 0.29) is 6.61 Å². The molecule has 1 aromatic rings. The van der Waals surface area contributed by atoms with Gasteiger partial charge in [-0.1, -0.05) is 0 Å². The first-order valence-electron chi connectivity index (χ1n) is 3.59. The van der Waals surface area contributed by atoms with Crippen LogP contribution < -0.4 is 0 Å². The lowest BCUT2D eigenvalue weighted by Crippen LogP contribution is -2.18. The molecule has 0 aliphatic heterocycles. The average Bonchev–Trinajstić information content (AvgIpc) is 2.33. The van der Waals surface area contributed by atoms with Crippen molar-refractivity contribution in [3.05, 3.63) is 18.0 Å². The van der Waals surface area contributed by atoms with Crippen LogP contribution in [0, 0.1) is 0 Å². The fourth-order valence-electron chi connectivity index (χ4n) is 0.900. The molecule has 0 atom stereocenters. The Morgan fingerprint density at radius 2 is 2.23 bits per heavy atom. The molecule has 0 N–H and O–H groups in total. The van der Waals surface area contributed by atoms with Gasteiger partial charge in [0.25, 0.3) is 0 Å². The number of aromatic nitrogens is 2. The van der Waals surface area contributed by atoms with E-state index in [2.05, 4.69) is 5.10 Å². The van der Waals surface area contributed by atoms with Crippen LogP contribution in [0.25, 0.3) is 0 Å². The maximum atomic E-state index is 11.8. The van der Waals surface area contributed by atoms with Gasteiger partial charge in [0.2, 0.25) is 0 Å².